The highest BCUT2D eigenvalue weighted by atomic mass is 16.3. The van der Waals surface area contributed by atoms with Gasteiger partial charge in [0.05, 0.1) is 12.7 Å². The lowest BCUT2D eigenvalue weighted by Gasteiger charge is -2.21. The number of nitrogens with zero attached hydrogens (tertiary/aromatic N) is 1. The largest absolute Gasteiger partial charge is 0.395 e. The van der Waals surface area contributed by atoms with Crippen LogP contribution in [0.2, 0.25) is 0 Å². The molecule has 3 nitrogen and oxygen atoms in total. The minimum Gasteiger partial charge on any atom is -0.395 e. The van der Waals surface area contributed by atoms with Crippen molar-refractivity contribution in [1.29, 1.82) is 0 Å². The Hall–Kier alpha value is -0.900. The Balaban J connectivity index is 2.37. The molecule has 0 spiro atoms. The predicted molar refractivity (Wildman–Crippen MR) is 69.7 cm³/mol. The van der Waals surface area contributed by atoms with Gasteiger partial charge in [-0.05, 0) is 31.9 Å². The number of rotatable bonds is 8. The van der Waals surface area contributed by atoms with E-state index in [0.717, 1.165) is 25.9 Å². The quantitative estimate of drug-likeness (QED) is 0.722. The van der Waals surface area contributed by atoms with Crippen LogP contribution in [0.1, 0.15) is 25.3 Å². The smallest absolute Gasteiger partial charge is 0.0558 e. The number of hydrogen-bond donors (Lipinski definition) is 2. The zero-order valence-corrected chi connectivity index (χ0v) is 10.5. The average Bonchev–Trinajstić information content (AvgIpc) is 2.30. The first-order chi connectivity index (χ1) is 8.22. The normalized spacial score (nSPS) is 12.9. The molecule has 0 aliphatic carbocycles. The molecule has 1 aromatic carbocycles. The van der Waals surface area contributed by atoms with Gasteiger partial charge in [0.2, 0.25) is 0 Å². The van der Waals surface area contributed by atoms with Gasteiger partial charge in [0.25, 0.3) is 0 Å². The maximum Gasteiger partial charge on any atom is 0.0558 e. The number of hydrogen-bond acceptors (Lipinski definition) is 3. The molecule has 1 atom stereocenters. The fraction of sp³-hybridized carbons (Fsp3) is 0.571. The summed E-state index contributed by atoms with van der Waals surface area (Å²) in [7, 11) is 0. The van der Waals surface area contributed by atoms with Crippen molar-refractivity contribution in [2.24, 2.45) is 0 Å². The molecule has 3 heteroatoms. The van der Waals surface area contributed by atoms with Gasteiger partial charge >= 0.3 is 0 Å². The highest BCUT2D eigenvalue weighted by Crippen LogP contribution is 2.06. The van der Waals surface area contributed by atoms with Gasteiger partial charge in [-0.15, -0.1) is 0 Å². The summed E-state index contributed by atoms with van der Waals surface area (Å²) in [4.78, 5) is 2.22. The molecular weight excluding hydrogens is 214 g/mol. The molecular formula is C14H23NO2. The first-order valence-corrected chi connectivity index (χ1v) is 6.27. The zero-order chi connectivity index (χ0) is 12.5. The van der Waals surface area contributed by atoms with Crippen LogP contribution >= 0.6 is 0 Å². The molecule has 0 heterocycles. The van der Waals surface area contributed by atoms with E-state index in [9.17, 15) is 5.11 Å². The fourth-order valence-corrected chi connectivity index (χ4v) is 1.86. The van der Waals surface area contributed by atoms with Gasteiger partial charge in [0.1, 0.15) is 0 Å². The van der Waals surface area contributed by atoms with Crippen molar-refractivity contribution >= 4 is 0 Å². The van der Waals surface area contributed by atoms with Gasteiger partial charge in [-0.1, -0.05) is 30.3 Å². The Labute approximate surface area is 104 Å². The van der Waals surface area contributed by atoms with E-state index in [1.54, 1.807) is 0 Å². The zero-order valence-electron chi connectivity index (χ0n) is 10.5. The second-order valence-corrected chi connectivity index (χ2v) is 4.48. The van der Waals surface area contributed by atoms with Gasteiger partial charge in [-0.2, -0.15) is 0 Å². The van der Waals surface area contributed by atoms with Crippen LogP contribution < -0.4 is 0 Å². The summed E-state index contributed by atoms with van der Waals surface area (Å²) in [5.74, 6) is 0. The lowest BCUT2D eigenvalue weighted by atomic mass is 10.2. The molecule has 0 radical (unpaired) electrons. The van der Waals surface area contributed by atoms with Gasteiger partial charge < -0.3 is 10.2 Å². The highest BCUT2D eigenvalue weighted by molar-refractivity contribution is 5.14. The summed E-state index contributed by atoms with van der Waals surface area (Å²) >= 11 is 0. The predicted octanol–water partition coefficient (Wildman–Crippen LogP) is 1.64. The van der Waals surface area contributed by atoms with E-state index in [-0.39, 0.29) is 12.7 Å². The lowest BCUT2D eigenvalue weighted by molar-refractivity contribution is 0.157. The second kappa shape index (κ2) is 8.23. The molecule has 0 saturated carbocycles. The summed E-state index contributed by atoms with van der Waals surface area (Å²) in [5, 5.41) is 18.2. The van der Waals surface area contributed by atoms with E-state index in [0.29, 0.717) is 6.54 Å². The Morgan fingerprint density at radius 3 is 2.47 bits per heavy atom. The summed E-state index contributed by atoms with van der Waals surface area (Å²) in [6, 6.07) is 10.3. The second-order valence-electron chi connectivity index (χ2n) is 4.48. The van der Waals surface area contributed by atoms with E-state index in [2.05, 4.69) is 17.0 Å². The van der Waals surface area contributed by atoms with Gasteiger partial charge in [0.15, 0.2) is 0 Å². The molecule has 0 aliphatic heterocycles. The van der Waals surface area contributed by atoms with Crippen LogP contribution in [-0.2, 0) is 6.54 Å². The van der Waals surface area contributed by atoms with Crippen LogP contribution in [0.15, 0.2) is 30.3 Å². The molecule has 0 saturated heterocycles. The Bertz CT molecular complexity index is 288. The molecule has 1 unspecified atom stereocenters. The monoisotopic (exact) mass is 237 g/mol. The topological polar surface area (TPSA) is 43.7 Å². The van der Waals surface area contributed by atoms with Crippen molar-refractivity contribution in [2.45, 2.75) is 32.4 Å². The molecule has 0 fully saturated rings. The van der Waals surface area contributed by atoms with Crippen molar-refractivity contribution in [3.63, 3.8) is 0 Å². The molecule has 96 valence electrons. The molecule has 0 aromatic heterocycles. The summed E-state index contributed by atoms with van der Waals surface area (Å²) in [6.07, 6.45) is 1.55. The molecule has 0 bridgehead atoms. The van der Waals surface area contributed by atoms with E-state index < -0.39 is 0 Å². The molecule has 1 aromatic rings. The van der Waals surface area contributed by atoms with Crippen molar-refractivity contribution < 1.29 is 10.2 Å². The SMILES string of the molecule is CC(O)CCCN(CCO)Cc1ccccc1. The third-order valence-electron chi connectivity index (χ3n) is 2.76. The minimum absolute atomic E-state index is 0.182. The summed E-state index contributed by atoms with van der Waals surface area (Å²) in [5.41, 5.74) is 1.26. The average molecular weight is 237 g/mol. The number of aliphatic hydroxyl groups is 2. The van der Waals surface area contributed by atoms with Crippen LogP contribution in [0, 0.1) is 0 Å². The van der Waals surface area contributed by atoms with Gasteiger partial charge in [-0.25, -0.2) is 0 Å². The van der Waals surface area contributed by atoms with E-state index in [1.165, 1.54) is 5.56 Å². The Morgan fingerprint density at radius 1 is 1.18 bits per heavy atom. The standard InChI is InChI=1S/C14H23NO2/c1-13(17)6-5-9-15(10-11-16)12-14-7-3-2-4-8-14/h2-4,7-8,13,16-17H,5-6,9-12H2,1H3. The maximum absolute atomic E-state index is 9.22. The fourth-order valence-electron chi connectivity index (χ4n) is 1.86. The van der Waals surface area contributed by atoms with E-state index in [1.807, 2.05) is 25.1 Å². The maximum atomic E-state index is 9.22. The molecule has 1 rings (SSSR count). The van der Waals surface area contributed by atoms with Crippen molar-refractivity contribution in [3.8, 4) is 0 Å². The van der Waals surface area contributed by atoms with Crippen molar-refractivity contribution in [3.05, 3.63) is 35.9 Å². The van der Waals surface area contributed by atoms with Gasteiger partial charge in [0, 0.05) is 13.1 Å². The first kappa shape index (κ1) is 14.2. The van der Waals surface area contributed by atoms with Crippen molar-refractivity contribution in [2.75, 3.05) is 19.7 Å². The minimum atomic E-state index is -0.234. The van der Waals surface area contributed by atoms with E-state index >= 15 is 0 Å². The molecule has 0 aliphatic rings. The lowest BCUT2D eigenvalue weighted by Crippen LogP contribution is -2.28. The first-order valence-electron chi connectivity index (χ1n) is 6.27. The number of benzene rings is 1. The third kappa shape index (κ3) is 6.41. The molecule has 2 N–H and O–H groups in total. The number of aliphatic hydroxyl groups excluding tert-OH is 2. The summed E-state index contributed by atoms with van der Waals surface area (Å²) < 4.78 is 0. The van der Waals surface area contributed by atoms with Crippen LogP contribution in [-0.4, -0.2) is 40.9 Å². The van der Waals surface area contributed by atoms with Crippen LogP contribution in [0.5, 0.6) is 0 Å². The Kier molecular flexibility index (Phi) is 6.86. The molecule has 0 amide bonds. The highest BCUT2D eigenvalue weighted by Gasteiger charge is 2.05. The Morgan fingerprint density at radius 2 is 1.88 bits per heavy atom. The van der Waals surface area contributed by atoms with Crippen LogP contribution in [0.25, 0.3) is 0 Å². The van der Waals surface area contributed by atoms with Crippen LogP contribution in [0.4, 0.5) is 0 Å². The van der Waals surface area contributed by atoms with E-state index in [4.69, 9.17) is 5.11 Å². The van der Waals surface area contributed by atoms with Gasteiger partial charge in [-0.3, -0.25) is 4.90 Å². The summed E-state index contributed by atoms with van der Waals surface area (Å²) in [6.45, 7) is 4.46. The third-order valence-corrected chi connectivity index (χ3v) is 2.76. The molecule has 17 heavy (non-hydrogen) atoms. The van der Waals surface area contributed by atoms with Crippen LogP contribution in [0.3, 0.4) is 0 Å². The van der Waals surface area contributed by atoms with Crippen molar-refractivity contribution in [1.82, 2.24) is 4.90 Å².